The first-order valence-electron chi connectivity index (χ1n) is 8.46. The van der Waals surface area contributed by atoms with E-state index in [0.29, 0.717) is 27.8 Å². The summed E-state index contributed by atoms with van der Waals surface area (Å²) < 4.78 is 15.9. The van der Waals surface area contributed by atoms with Crippen LogP contribution in [0.3, 0.4) is 0 Å². The minimum Gasteiger partial charge on any atom is -0.493 e. The number of rotatable bonds is 9. The van der Waals surface area contributed by atoms with Gasteiger partial charge in [0.15, 0.2) is 18.1 Å². The molecule has 0 aliphatic rings. The minimum atomic E-state index is -1.05. The van der Waals surface area contributed by atoms with Crippen molar-refractivity contribution in [2.45, 2.75) is 19.4 Å². The summed E-state index contributed by atoms with van der Waals surface area (Å²) in [5.41, 5.74) is 1.41. The van der Waals surface area contributed by atoms with E-state index in [1.165, 1.54) is 14.2 Å². The normalized spacial score (nSPS) is 11.4. The number of carboxylic acid groups (broad SMARTS) is 1. The summed E-state index contributed by atoms with van der Waals surface area (Å²) in [6.45, 7) is 1.57. The molecule has 2 aromatic rings. The number of carboxylic acids is 1. The number of methoxy groups -OCH3 is 2. The number of hydrogen-bond acceptors (Lipinski definition) is 5. The van der Waals surface area contributed by atoms with Crippen molar-refractivity contribution in [2.75, 3.05) is 20.8 Å². The van der Waals surface area contributed by atoms with E-state index in [2.05, 4.69) is 5.32 Å². The summed E-state index contributed by atoms with van der Waals surface area (Å²) in [4.78, 5) is 23.5. The molecule has 0 aromatic heterocycles. The molecule has 0 saturated heterocycles. The lowest BCUT2D eigenvalue weighted by Crippen LogP contribution is -2.33. The van der Waals surface area contributed by atoms with E-state index in [-0.39, 0.29) is 13.0 Å². The van der Waals surface area contributed by atoms with Crippen molar-refractivity contribution < 1.29 is 28.9 Å². The zero-order valence-corrected chi connectivity index (χ0v) is 16.6. The maximum atomic E-state index is 12.3. The Morgan fingerprint density at radius 2 is 1.82 bits per heavy atom. The van der Waals surface area contributed by atoms with Crippen molar-refractivity contribution in [2.24, 2.45) is 0 Å². The lowest BCUT2D eigenvalue weighted by Gasteiger charge is -2.19. The molecule has 2 aromatic carbocycles. The van der Waals surface area contributed by atoms with Gasteiger partial charge in [0.25, 0.3) is 5.91 Å². The van der Waals surface area contributed by atoms with Crippen LogP contribution < -0.4 is 19.5 Å². The van der Waals surface area contributed by atoms with Crippen LogP contribution in [0.2, 0.25) is 5.02 Å². The third-order valence-corrected chi connectivity index (χ3v) is 4.45. The van der Waals surface area contributed by atoms with E-state index in [1.807, 2.05) is 6.92 Å². The number of aryl methyl sites for hydroxylation is 1. The molecule has 0 bridgehead atoms. The molecular formula is C20H22ClNO6. The molecule has 0 aliphatic heterocycles. The van der Waals surface area contributed by atoms with Crippen LogP contribution >= 0.6 is 11.6 Å². The highest BCUT2D eigenvalue weighted by Crippen LogP contribution is 2.31. The Morgan fingerprint density at radius 3 is 2.43 bits per heavy atom. The second-order valence-electron chi connectivity index (χ2n) is 6.03. The Kier molecular flexibility index (Phi) is 7.52. The molecule has 0 radical (unpaired) electrons. The zero-order valence-electron chi connectivity index (χ0n) is 15.8. The molecule has 1 atom stereocenters. The highest BCUT2D eigenvalue weighted by molar-refractivity contribution is 6.31. The van der Waals surface area contributed by atoms with Crippen LogP contribution in [0.15, 0.2) is 36.4 Å². The van der Waals surface area contributed by atoms with Gasteiger partial charge < -0.3 is 24.6 Å². The monoisotopic (exact) mass is 407 g/mol. The Hall–Kier alpha value is -2.93. The molecule has 2 N–H and O–H groups in total. The number of carbonyl (C=O) groups is 2. The topological polar surface area (TPSA) is 94.1 Å². The summed E-state index contributed by atoms with van der Waals surface area (Å²) in [7, 11) is 2.98. The molecule has 2 rings (SSSR count). The highest BCUT2D eigenvalue weighted by Gasteiger charge is 2.20. The number of aliphatic carboxylic acids is 1. The molecular weight excluding hydrogens is 386 g/mol. The molecule has 150 valence electrons. The SMILES string of the molecule is COc1ccc(C(CC(=O)O)NC(=O)COc2ccc(Cl)c(C)c2)cc1OC. The quantitative estimate of drug-likeness (QED) is 0.661. The van der Waals surface area contributed by atoms with Crippen molar-refractivity contribution in [1.29, 1.82) is 0 Å². The van der Waals surface area contributed by atoms with E-state index >= 15 is 0 Å². The van der Waals surface area contributed by atoms with Gasteiger partial charge in [0.1, 0.15) is 5.75 Å². The van der Waals surface area contributed by atoms with Crippen LogP contribution in [0.1, 0.15) is 23.6 Å². The van der Waals surface area contributed by atoms with Crippen molar-refractivity contribution in [3.8, 4) is 17.2 Å². The maximum absolute atomic E-state index is 12.3. The molecule has 1 amide bonds. The number of hydrogen-bond donors (Lipinski definition) is 2. The molecule has 8 heteroatoms. The smallest absolute Gasteiger partial charge is 0.305 e. The minimum absolute atomic E-state index is 0.259. The van der Waals surface area contributed by atoms with E-state index in [1.54, 1.807) is 36.4 Å². The molecule has 0 saturated carbocycles. The van der Waals surface area contributed by atoms with Gasteiger partial charge in [0.05, 0.1) is 26.7 Å². The highest BCUT2D eigenvalue weighted by atomic mass is 35.5. The van der Waals surface area contributed by atoms with Gasteiger partial charge in [-0.15, -0.1) is 0 Å². The Balaban J connectivity index is 2.09. The molecule has 1 unspecified atom stereocenters. The first-order valence-corrected chi connectivity index (χ1v) is 8.84. The van der Waals surface area contributed by atoms with Gasteiger partial charge in [-0.25, -0.2) is 0 Å². The maximum Gasteiger partial charge on any atom is 0.305 e. The van der Waals surface area contributed by atoms with E-state index in [9.17, 15) is 14.7 Å². The van der Waals surface area contributed by atoms with E-state index < -0.39 is 17.9 Å². The third-order valence-electron chi connectivity index (χ3n) is 4.02. The van der Waals surface area contributed by atoms with Gasteiger partial charge >= 0.3 is 5.97 Å². The fourth-order valence-corrected chi connectivity index (χ4v) is 2.71. The van der Waals surface area contributed by atoms with Crippen molar-refractivity contribution in [1.82, 2.24) is 5.32 Å². The standard InChI is InChI=1S/C20H22ClNO6/c1-12-8-14(5-6-15(12)21)28-11-19(23)22-16(10-20(24)25)13-4-7-17(26-2)18(9-13)27-3/h4-9,16H,10-11H2,1-3H3,(H,22,23)(H,24,25). The van der Waals surface area contributed by atoms with Gasteiger partial charge in [0.2, 0.25) is 0 Å². The van der Waals surface area contributed by atoms with Crippen molar-refractivity contribution >= 4 is 23.5 Å². The van der Waals surface area contributed by atoms with Gasteiger partial charge in [-0.3, -0.25) is 9.59 Å². The fourth-order valence-electron chi connectivity index (χ4n) is 2.59. The first-order chi connectivity index (χ1) is 13.3. The van der Waals surface area contributed by atoms with Gasteiger partial charge in [0, 0.05) is 5.02 Å². The van der Waals surface area contributed by atoms with Gasteiger partial charge in [-0.2, -0.15) is 0 Å². The van der Waals surface area contributed by atoms with E-state index in [0.717, 1.165) is 5.56 Å². The fraction of sp³-hybridized carbons (Fsp3) is 0.300. The Morgan fingerprint density at radius 1 is 1.11 bits per heavy atom. The van der Waals surface area contributed by atoms with E-state index in [4.69, 9.17) is 25.8 Å². The first kappa shape index (κ1) is 21.4. The summed E-state index contributed by atoms with van der Waals surface area (Å²) >= 11 is 5.97. The number of carbonyl (C=O) groups excluding carboxylic acids is 1. The molecule has 0 fully saturated rings. The second-order valence-corrected chi connectivity index (χ2v) is 6.44. The van der Waals surface area contributed by atoms with Crippen LogP contribution in [0, 0.1) is 6.92 Å². The molecule has 0 spiro atoms. The number of ether oxygens (including phenoxy) is 3. The predicted molar refractivity (Wildman–Crippen MR) is 104 cm³/mol. The zero-order chi connectivity index (χ0) is 20.7. The average molecular weight is 408 g/mol. The van der Waals surface area contributed by atoms with Gasteiger partial charge in [-0.05, 0) is 48.4 Å². The van der Waals surface area contributed by atoms with Crippen LogP contribution in [0.5, 0.6) is 17.2 Å². The van der Waals surface area contributed by atoms with Crippen LogP contribution in [-0.2, 0) is 9.59 Å². The van der Waals surface area contributed by atoms with Crippen molar-refractivity contribution in [3.63, 3.8) is 0 Å². The summed E-state index contributed by atoms with van der Waals surface area (Å²) in [5.74, 6) is -0.0495. The number of benzene rings is 2. The average Bonchev–Trinajstić information content (AvgIpc) is 2.67. The van der Waals surface area contributed by atoms with Crippen LogP contribution in [-0.4, -0.2) is 37.8 Å². The second kappa shape index (κ2) is 9.85. The summed E-state index contributed by atoms with van der Waals surface area (Å²) in [5, 5.41) is 12.5. The van der Waals surface area contributed by atoms with Gasteiger partial charge in [-0.1, -0.05) is 17.7 Å². The number of nitrogens with one attached hydrogen (secondary N) is 1. The van der Waals surface area contributed by atoms with Crippen molar-refractivity contribution in [3.05, 3.63) is 52.5 Å². The summed E-state index contributed by atoms with van der Waals surface area (Å²) in [6, 6.07) is 9.28. The molecule has 0 heterocycles. The Labute approximate surface area is 168 Å². The molecule has 0 aliphatic carbocycles. The molecule has 7 nitrogen and oxygen atoms in total. The molecule has 28 heavy (non-hydrogen) atoms. The third kappa shape index (κ3) is 5.79. The number of halogens is 1. The lowest BCUT2D eigenvalue weighted by molar-refractivity contribution is -0.137. The predicted octanol–water partition coefficient (Wildman–Crippen LogP) is 3.38. The Bertz CT molecular complexity index is 855. The van der Waals surface area contributed by atoms with Crippen LogP contribution in [0.25, 0.3) is 0 Å². The largest absolute Gasteiger partial charge is 0.493 e. The van der Waals surface area contributed by atoms with Crippen LogP contribution in [0.4, 0.5) is 0 Å². The number of amides is 1. The summed E-state index contributed by atoms with van der Waals surface area (Å²) in [6.07, 6.45) is -0.290. The lowest BCUT2D eigenvalue weighted by atomic mass is 10.0.